The molecule has 3 rings (SSSR count). The number of nitrogens with zero attached hydrogens (tertiary/aromatic N) is 1. The molecule has 1 heterocycles. The number of fused-ring (bicyclic) bond motifs is 1. The normalized spacial score (nSPS) is 13.3. The highest BCUT2D eigenvalue weighted by Gasteiger charge is 2.21. The summed E-state index contributed by atoms with van der Waals surface area (Å²) in [7, 11) is 0. The predicted octanol–water partition coefficient (Wildman–Crippen LogP) is 4.15. The van der Waals surface area contributed by atoms with Gasteiger partial charge in [-0.2, -0.15) is 0 Å². The van der Waals surface area contributed by atoms with Crippen molar-refractivity contribution >= 4 is 11.7 Å². The highest BCUT2D eigenvalue weighted by atomic mass is 16.5. The van der Waals surface area contributed by atoms with Crippen molar-refractivity contribution in [1.82, 2.24) is 5.32 Å². The second-order valence-corrected chi connectivity index (χ2v) is 6.69. The predicted molar refractivity (Wildman–Crippen MR) is 102 cm³/mol. The van der Waals surface area contributed by atoms with E-state index in [-0.39, 0.29) is 6.03 Å². The second kappa shape index (κ2) is 7.60. The van der Waals surface area contributed by atoms with Crippen molar-refractivity contribution in [1.29, 1.82) is 0 Å². The van der Waals surface area contributed by atoms with Gasteiger partial charge < -0.3 is 10.1 Å². The van der Waals surface area contributed by atoms with Crippen LogP contribution in [0.5, 0.6) is 5.75 Å². The minimum Gasteiger partial charge on any atom is -0.491 e. The number of aryl methyl sites for hydroxylation is 4. The van der Waals surface area contributed by atoms with Gasteiger partial charge in [0.25, 0.3) is 0 Å². The molecule has 1 N–H and O–H groups in total. The number of carbonyl (C=O) groups excluding carboxylic acids is 1. The average Bonchev–Trinajstić information content (AvgIpc) is 2.59. The lowest BCUT2D eigenvalue weighted by atomic mass is 10.0. The van der Waals surface area contributed by atoms with Crippen LogP contribution in [0.1, 0.15) is 28.7 Å². The van der Waals surface area contributed by atoms with E-state index in [1.54, 1.807) is 0 Å². The summed E-state index contributed by atoms with van der Waals surface area (Å²) >= 11 is 0. The minimum atomic E-state index is -0.0481. The number of nitrogens with one attached hydrogen (secondary N) is 1. The van der Waals surface area contributed by atoms with Crippen molar-refractivity contribution in [3.63, 3.8) is 0 Å². The SMILES string of the molecule is Cc1cc(C)c(OCCNC(=O)N2CCCc3ccccc32)c(C)c1. The molecule has 1 aliphatic rings. The van der Waals surface area contributed by atoms with Crippen LogP contribution in [-0.2, 0) is 6.42 Å². The lowest BCUT2D eigenvalue weighted by Crippen LogP contribution is -2.44. The summed E-state index contributed by atoms with van der Waals surface area (Å²) in [4.78, 5) is 14.3. The van der Waals surface area contributed by atoms with Crippen molar-refractivity contribution in [3.05, 3.63) is 58.7 Å². The summed E-state index contributed by atoms with van der Waals surface area (Å²) in [5, 5.41) is 2.98. The molecule has 0 bridgehead atoms. The van der Waals surface area contributed by atoms with Crippen molar-refractivity contribution in [2.45, 2.75) is 33.6 Å². The summed E-state index contributed by atoms with van der Waals surface area (Å²) in [6, 6.07) is 12.3. The summed E-state index contributed by atoms with van der Waals surface area (Å²) in [6.45, 7) is 7.91. The monoisotopic (exact) mass is 338 g/mol. The molecule has 0 fully saturated rings. The summed E-state index contributed by atoms with van der Waals surface area (Å²) in [5.74, 6) is 0.920. The Hall–Kier alpha value is -2.49. The van der Waals surface area contributed by atoms with Crippen LogP contribution in [0.3, 0.4) is 0 Å². The van der Waals surface area contributed by atoms with Gasteiger partial charge in [0.05, 0.1) is 6.54 Å². The van der Waals surface area contributed by atoms with E-state index in [0.717, 1.165) is 42.0 Å². The summed E-state index contributed by atoms with van der Waals surface area (Å²) in [6.07, 6.45) is 2.04. The zero-order chi connectivity index (χ0) is 17.8. The molecule has 0 saturated heterocycles. The zero-order valence-corrected chi connectivity index (χ0v) is 15.3. The highest BCUT2D eigenvalue weighted by Crippen LogP contribution is 2.27. The zero-order valence-electron chi connectivity index (χ0n) is 15.3. The van der Waals surface area contributed by atoms with Gasteiger partial charge in [-0.15, -0.1) is 0 Å². The van der Waals surface area contributed by atoms with E-state index < -0.39 is 0 Å². The first kappa shape index (κ1) is 17.3. The van der Waals surface area contributed by atoms with Gasteiger partial charge in [0, 0.05) is 12.2 Å². The fourth-order valence-electron chi connectivity index (χ4n) is 3.55. The van der Waals surface area contributed by atoms with Crippen LogP contribution in [0.4, 0.5) is 10.5 Å². The number of para-hydroxylation sites is 1. The molecule has 25 heavy (non-hydrogen) atoms. The number of urea groups is 1. The van der Waals surface area contributed by atoms with Crippen molar-refractivity contribution in [2.24, 2.45) is 0 Å². The molecule has 2 aromatic rings. The molecule has 0 spiro atoms. The Morgan fingerprint density at radius 1 is 1.16 bits per heavy atom. The molecule has 0 aromatic heterocycles. The first-order valence-corrected chi connectivity index (χ1v) is 8.90. The molecule has 4 nitrogen and oxygen atoms in total. The summed E-state index contributed by atoms with van der Waals surface area (Å²) < 4.78 is 5.90. The van der Waals surface area contributed by atoms with Crippen LogP contribution in [-0.4, -0.2) is 25.7 Å². The topological polar surface area (TPSA) is 41.6 Å². The van der Waals surface area contributed by atoms with Gasteiger partial charge >= 0.3 is 6.03 Å². The minimum absolute atomic E-state index is 0.0481. The van der Waals surface area contributed by atoms with Gasteiger partial charge in [0.15, 0.2) is 0 Å². The van der Waals surface area contributed by atoms with Crippen molar-refractivity contribution in [2.75, 3.05) is 24.6 Å². The number of carbonyl (C=O) groups is 1. The van der Waals surface area contributed by atoms with E-state index in [2.05, 4.69) is 44.3 Å². The maximum absolute atomic E-state index is 12.5. The van der Waals surface area contributed by atoms with E-state index in [9.17, 15) is 4.79 Å². The van der Waals surface area contributed by atoms with Crippen molar-refractivity contribution < 1.29 is 9.53 Å². The lowest BCUT2D eigenvalue weighted by molar-refractivity contribution is 0.241. The number of hydrogen-bond acceptors (Lipinski definition) is 2. The third-order valence-electron chi connectivity index (χ3n) is 4.58. The van der Waals surface area contributed by atoms with Crippen LogP contribution < -0.4 is 15.0 Å². The maximum atomic E-state index is 12.5. The van der Waals surface area contributed by atoms with Crippen LogP contribution in [0, 0.1) is 20.8 Å². The molecular formula is C21H26N2O2. The number of rotatable bonds is 4. The van der Waals surface area contributed by atoms with E-state index in [1.165, 1.54) is 11.1 Å². The maximum Gasteiger partial charge on any atom is 0.321 e. The highest BCUT2D eigenvalue weighted by molar-refractivity contribution is 5.93. The molecule has 0 saturated carbocycles. The fourth-order valence-corrected chi connectivity index (χ4v) is 3.55. The number of hydrogen-bond donors (Lipinski definition) is 1. The van der Waals surface area contributed by atoms with Crippen molar-refractivity contribution in [3.8, 4) is 5.75 Å². The Morgan fingerprint density at radius 3 is 2.64 bits per heavy atom. The molecule has 0 unspecified atom stereocenters. The Morgan fingerprint density at radius 2 is 1.88 bits per heavy atom. The van der Waals surface area contributed by atoms with Crippen LogP contribution >= 0.6 is 0 Å². The number of anilines is 1. The molecule has 0 aliphatic carbocycles. The summed E-state index contributed by atoms with van der Waals surface area (Å²) in [5.41, 5.74) is 5.77. The largest absolute Gasteiger partial charge is 0.491 e. The first-order chi connectivity index (χ1) is 12.1. The van der Waals surface area contributed by atoms with Crippen LogP contribution in [0.2, 0.25) is 0 Å². The average molecular weight is 338 g/mol. The Balaban J connectivity index is 1.54. The first-order valence-electron chi connectivity index (χ1n) is 8.90. The smallest absolute Gasteiger partial charge is 0.321 e. The van der Waals surface area contributed by atoms with Gasteiger partial charge in [-0.05, 0) is 56.4 Å². The molecule has 4 heteroatoms. The lowest BCUT2D eigenvalue weighted by Gasteiger charge is -2.29. The molecule has 2 aromatic carbocycles. The molecule has 0 radical (unpaired) electrons. The van der Waals surface area contributed by atoms with E-state index in [1.807, 2.05) is 23.1 Å². The third kappa shape index (κ3) is 3.95. The van der Waals surface area contributed by atoms with E-state index in [4.69, 9.17) is 4.74 Å². The molecule has 132 valence electrons. The van der Waals surface area contributed by atoms with E-state index >= 15 is 0 Å². The molecule has 2 amide bonds. The quantitative estimate of drug-likeness (QED) is 0.851. The Kier molecular flexibility index (Phi) is 5.27. The molecule has 1 aliphatic heterocycles. The van der Waals surface area contributed by atoms with E-state index in [0.29, 0.717) is 13.2 Å². The number of ether oxygens (including phenoxy) is 1. The van der Waals surface area contributed by atoms with Crippen LogP contribution in [0.25, 0.3) is 0 Å². The van der Waals surface area contributed by atoms with Gasteiger partial charge in [-0.25, -0.2) is 4.79 Å². The van der Waals surface area contributed by atoms with Gasteiger partial charge in [0.2, 0.25) is 0 Å². The van der Waals surface area contributed by atoms with Crippen LogP contribution in [0.15, 0.2) is 36.4 Å². The fraction of sp³-hybridized carbons (Fsp3) is 0.381. The van der Waals surface area contributed by atoms with Gasteiger partial charge in [-0.1, -0.05) is 35.9 Å². The molecular weight excluding hydrogens is 312 g/mol. The van der Waals surface area contributed by atoms with Gasteiger partial charge in [-0.3, -0.25) is 4.90 Å². The second-order valence-electron chi connectivity index (χ2n) is 6.69. The number of benzene rings is 2. The molecule has 0 atom stereocenters. The number of amides is 2. The van der Waals surface area contributed by atoms with Gasteiger partial charge in [0.1, 0.15) is 12.4 Å². The third-order valence-corrected chi connectivity index (χ3v) is 4.58. The Labute approximate surface area is 149 Å². The standard InChI is InChI=1S/C21H26N2O2/c1-15-13-16(2)20(17(3)14-15)25-12-10-22-21(24)23-11-6-8-18-7-4-5-9-19(18)23/h4-5,7,9,13-14H,6,8,10-12H2,1-3H3,(H,22,24). The Bertz CT molecular complexity index is 747.